The van der Waals surface area contributed by atoms with E-state index in [1.165, 1.54) is 11.6 Å². The van der Waals surface area contributed by atoms with Crippen molar-refractivity contribution in [2.24, 2.45) is 0 Å². The number of aliphatic hydroxyl groups excluding tert-OH is 1. The van der Waals surface area contributed by atoms with Gasteiger partial charge in [-0.1, -0.05) is 30.3 Å². The number of nitrogens with one attached hydrogen (secondary N) is 1. The van der Waals surface area contributed by atoms with Crippen molar-refractivity contribution in [3.63, 3.8) is 0 Å². The predicted molar refractivity (Wildman–Crippen MR) is 92.8 cm³/mol. The standard InChI is InChI=1S/C20H24FNO2/c21-17-8-9-20-18(13-17)19(7-4-12-24-20)22-14-16(10-11-23)15-5-2-1-3-6-15/h1-3,5-6,8-9,13,16,19,22-23H,4,7,10-12,14H2. The number of rotatable bonds is 6. The molecule has 2 atom stereocenters. The van der Waals surface area contributed by atoms with Crippen LogP contribution in [0.1, 0.15) is 42.3 Å². The summed E-state index contributed by atoms with van der Waals surface area (Å²) in [6.45, 7) is 1.56. The van der Waals surface area contributed by atoms with Crippen molar-refractivity contribution < 1.29 is 14.2 Å². The normalized spacial score (nSPS) is 18.3. The molecule has 2 aromatic rings. The Balaban J connectivity index is 1.74. The smallest absolute Gasteiger partial charge is 0.124 e. The van der Waals surface area contributed by atoms with Crippen molar-refractivity contribution in [3.8, 4) is 5.75 Å². The molecule has 0 radical (unpaired) electrons. The summed E-state index contributed by atoms with van der Waals surface area (Å²) in [4.78, 5) is 0. The highest BCUT2D eigenvalue weighted by atomic mass is 19.1. The molecule has 128 valence electrons. The highest BCUT2D eigenvalue weighted by Crippen LogP contribution is 2.32. The third-order valence-electron chi connectivity index (χ3n) is 4.60. The Kier molecular flexibility index (Phi) is 5.83. The van der Waals surface area contributed by atoms with Gasteiger partial charge in [0.15, 0.2) is 0 Å². The second kappa shape index (κ2) is 8.27. The van der Waals surface area contributed by atoms with Crippen LogP contribution in [-0.2, 0) is 0 Å². The van der Waals surface area contributed by atoms with Crippen LogP contribution in [0.4, 0.5) is 4.39 Å². The predicted octanol–water partition coefficient (Wildman–Crippen LogP) is 3.80. The fourth-order valence-electron chi connectivity index (χ4n) is 3.31. The Hall–Kier alpha value is -1.91. The van der Waals surface area contributed by atoms with Gasteiger partial charge in [0.2, 0.25) is 0 Å². The van der Waals surface area contributed by atoms with Crippen molar-refractivity contribution in [1.29, 1.82) is 0 Å². The number of halogens is 1. The van der Waals surface area contributed by atoms with E-state index in [0.717, 1.165) is 30.7 Å². The molecule has 0 fully saturated rings. The highest BCUT2D eigenvalue weighted by molar-refractivity contribution is 5.37. The first-order valence-corrected chi connectivity index (χ1v) is 8.59. The minimum Gasteiger partial charge on any atom is -0.493 e. The summed E-state index contributed by atoms with van der Waals surface area (Å²) in [6.07, 6.45) is 2.55. The maximum atomic E-state index is 13.7. The summed E-state index contributed by atoms with van der Waals surface area (Å²) in [7, 11) is 0. The molecule has 1 heterocycles. The zero-order chi connectivity index (χ0) is 16.8. The number of aliphatic hydroxyl groups is 1. The number of hydrogen-bond donors (Lipinski definition) is 2. The van der Waals surface area contributed by atoms with Crippen LogP contribution in [0.2, 0.25) is 0 Å². The molecule has 0 saturated heterocycles. The monoisotopic (exact) mass is 329 g/mol. The fraction of sp³-hybridized carbons (Fsp3) is 0.400. The Bertz CT molecular complexity index is 647. The summed E-state index contributed by atoms with van der Waals surface area (Å²) in [6, 6.07) is 15.0. The number of hydrogen-bond acceptors (Lipinski definition) is 3. The van der Waals surface area contributed by atoms with Gasteiger partial charge in [-0.05, 0) is 48.9 Å². The van der Waals surface area contributed by atoms with Crippen molar-refractivity contribution in [1.82, 2.24) is 5.32 Å². The Labute approximate surface area is 142 Å². The van der Waals surface area contributed by atoms with E-state index in [9.17, 15) is 9.50 Å². The largest absolute Gasteiger partial charge is 0.493 e. The first-order valence-electron chi connectivity index (χ1n) is 8.59. The third-order valence-corrected chi connectivity index (χ3v) is 4.60. The quantitative estimate of drug-likeness (QED) is 0.847. The molecule has 3 nitrogen and oxygen atoms in total. The first-order chi connectivity index (χ1) is 11.8. The van der Waals surface area contributed by atoms with Gasteiger partial charge in [0.1, 0.15) is 11.6 Å². The molecule has 2 aromatic carbocycles. The maximum Gasteiger partial charge on any atom is 0.124 e. The average Bonchev–Trinajstić information content (AvgIpc) is 2.81. The third kappa shape index (κ3) is 4.13. The van der Waals surface area contributed by atoms with E-state index in [1.807, 2.05) is 18.2 Å². The van der Waals surface area contributed by atoms with Crippen LogP contribution in [-0.4, -0.2) is 24.9 Å². The summed E-state index contributed by atoms with van der Waals surface area (Å²) in [5.74, 6) is 0.767. The molecule has 2 N–H and O–H groups in total. The summed E-state index contributed by atoms with van der Waals surface area (Å²) in [5, 5.41) is 12.9. The Morgan fingerprint density at radius 1 is 1.21 bits per heavy atom. The molecule has 24 heavy (non-hydrogen) atoms. The van der Waals surface area contributed by atoms with Crippen LogP contribution in [0.25, 0.3) is 0 Å². The fourth-order valence-corrected chi connectivity index (χ4v) is 3.31. The second-order valence-electron chi connectivity index (χ2n) is 6.25. The van der Waals surface area contributed by atoms with Crippen molar-refractivity contribution >= 4 is 0 Å². The molecule has 0 aliphatic carbocycles. The van der Waals surface area contributed by atoms with Crippen LogP contribution in [0.3, 0.4) is 0 Å². The lowest BCUT2D eigenvalue weighted by atomic mass is 9.94. The molecule has 0 saturated carbocycles. The molecule has 2 unspecified atom stereocenters. The SMILES string of the molecule is OCCC(CNC1CCCOc2ccc(F)cc21)c1ccccc1. The zero-order valence-electron chi connectivity index (χ0n) is 13.7. The highest BCUT2D eigenvalue weighted by Gasteiger charge is 2.21. The van der Waals surface area contributed by atoms with E-state index in [2.05, 4.69) is 17.4 Å². The second-order valence-corrected chi connectivity index (χ2v) is 6.25. The zero-order valence-corrected chi connectivity index (χ0v) is 13.7. The van der Waals surface area contributed by atoms with E-state index >= 15 is 0 Å². The Morgan fingerprint density at radius 3 is 2.83 bits per heavy atom. The molecule has 0 amide bonds. The van der Waals surface area contributed by atoms with E-state index in [4.69, 9.17) is 4.74 Å². The van der Waals surface area contributed by atoms with Gasteiger partial charge in [0.05, 0.1) is 6.61 Å². The number of ether oxygens (including phenoxy) is 1. The lowest BCUT2D eigenvalue weighted by Crippen LogP contribution is -2.27. The lowest BCUT2D eigenvalue weighted by molar-refractivity contribution is 0.271. The van der Waals surface area contributed by atoms with Crippen LogP contribution in [0.15, 0.2) is 48.5 Å². The first kappa shape index (κ1) is 16.9. The van der Waals surface area contributed by atoms with Crippen LogP contribution >= 0.6 is 0 Å². The minimum absolute atomic E-state index is 0.0723. The Morgan fingerprint density at radius 2 is 2.04 bits per heavy atom. The van der Waals surface area contributed by atoms with Crippen LogP contribution < -0.4 is 10.1 Å². The molecule has 0 aromatic heterocycles. The molecule has 3 rings (SSSR count). The minimum atomic E-state index is -0.235. The topological polar surface area (TPSA) is 41.5 Å². The van der Waals surface area contributed by atoms with Gasteiger partial charge >= 0.3 is 0 Å². The van der Waals surface area contributed by atoms with Gasteiger partial charge in [-0.3, -0.25) is 0 Å². The average molecular weight is 329 g/mol. The number of fused-ring (bicyclic) bond motifs is 1. The van der Waals surface area contributed by atoms with Gasteiger partial charge in [0, 0.05) is 24.8 Å². The summed E-state index contributed by atoms with van der Waals surface area (Å²) < 4.78 is 19.4. The van der Waals surface area contributed by atoms with E-state index in [-0.39, 0.29) is 24.4 Å². The van der Waals surface area contributed by atoms with Crippen molar-refractivity contribution in [3.05, 3.63) is 65.5 Å². The van der Waals surface area contributed by atoms with Crippen molar-refractivity contribution in [2.45, 2.75) is 31.2 Å². The van der Waals surface area contributed by atoms with Gasteiger partial charge in [-0.25, -0.2) is 4.39 Å². The van der Waals surface area contributed by atoms with Crippen molar-refractivity contribution in [2.75, 3.05) is 19.8 Å². The summed E-state index contributed by atoms with van der Waals surface area (Å²) >= 11 is 0. The molecular formula is C20H24FNO2. The van der Waals surface area contributed by atoms with Gasteiger partial charge < -0.3 is 15.2 Å². The van der Waals surface area contributed by atoms with Gasteiger partial charge in [-0.2, -0.15) is 0 Å². The van der Waals surface area contributed by atoms with Gasteiger partial charge in [0.25, 0.3) is 0 Å². The molecule has 4 heteroatoms. The maximum absolute atomic E-state index is 13.7. The van der Waals surface area contributed by atoms with E-state index in [1.54, 1.807) is 12.1 Å². The molecule has 1 aliphatic rings. The van der Waals surface area contributed by atoms with E-state index < -0.39 is 0 Å². The van der Waals surface area contributed by atoms with Crippen LogP contribution in [0.5, 0.6) is 5.75 Å². The molecular weight excluding hydrogens is 305 g/mol. The van der Waals surface area contributed by atoms with Gasteiger partial charge in [-0.15, -0.1) is 0 Å². The molecule has 0 spiro atoms. The number of benzene rings is 2. The molecule has 0 bridgehead atoms. The van der Waals surface area contributed by atoms with Crippen LogP contribution in [0, 0.1) is 5.82 Å². The summed E-state index contributed by atoms with van der Waals surface area (Å²) in [5.41, 5.74) is 2.10. The molecule has 1 aliphatic heterocycles. The lowest BCUT2D eigenvalue weighted by Gasteiger charge is -2.23. The van der Waals surface area contributed by atoms with E-state index in [0.29, 0.717) is 13.0 Å².